The average molecular weight is 486 g/mol. The van der Waals surface area contributed by atoms with Crippen molar-refractivity contribution in [2.24, 2.45) is 0 Å². The number of likely N-dealkylation sites (tertiary alicyclic amines) is 1. The first-order valence-corrected chi connectivity index (χ1v) is 13.6. The number of aromatic nitrogens is 2. The molecular weight excluding hydrogens is 446 g/mol. The first-order chi connectivity index (χ1) is 17.7. The summed E-state index contributed by atoms with van der Waals surface area (Å²) in [5, 5.41) is 11.2. The van der Waals surface area contributed by atoms with E-state index >= 15 is 0 Å². The van der Waals surface area contributed by atoms with Gasteiger partial charge in [0, 0.05) is 37.2 Å². The maximum atomic E-state index is 12.5. The Bertz CT molecular complexity index is 1100. The molecule has 2 amide bonds. The lowest BCUT2D eigenvalue weighted by Crippen LogP contribution is -2.41. The molecule has 1 aliphatic heterocycles. The predicted octanol–water partition coefficient (Wildman–Crippen LogP) is 5.27. The van der Waals surface area contributed by atoms with Crippen molar-refractivity contribution in [3.05, 3.63) is 89.2 Å². The highest BCUT2D eigenvalue weighted by Crippen LogP contribution is 2.30. The van der Waals surface area contributed by atoms with Gasteiger partial charge in [-0.2, -0.15) is 5.10 Å². The summed E-state index contributed by atoms with van der Waals surface area (Å²) in [6, 6.07) is 23.7. The summed E-state index contributed by atoms with van der Waals surface area (Å²) in [5.41, 5.74) is 5.05. The van der Waals surface area contributed by atoms with Crippen LogP contribution in [0.2, 0.25) is 0 Å². The summed E-state index contributed by atoms with van der Waals surface area (Å²) in [6.45, 7) is 6.26. The molecule has 36 heavy (non-hydrogen) atoms. The largest absolute Gasteiger partial charge is 0.335 e. The SMILES string of the molecule is CCn1nc(Cc2ccccc2)cc1C1CCN(CC[C@H](NC(=O)NC2CC2)c2ccccc2)CC1. The van der Waals surface area contributed by atoms with Gasteiger partial charge in [-0.05, 0) is 69.3 Å². The third-order valence-corrected chi connectivity index (χ3v) is 7.55. The molecule has 190 valence electrons. The Kier molecular flexibility index (Phi) is 8.01. The van der Waals surface area contributed by atoms with Crippen molar-refractivity contribution in [1.29, 1.82) is 0 Å². The minimum absolute atomic E-state index is 0.0322. The molecule has 0 spiro atoms. The van der Waals surface area contributed by atoms with Gasteiger partial charge in [0.25, 0.3) is 0 Å². The summed E-state index contributed by atoms with van der Waals surface area (Å²) in [7, 11) is 0. The zero-order valence-electron chi connectivity index (χ0n) is 21.4. The van der Waals surface area contributed by atoms with Crippen LogP contribution >= 0.6 is 0 Å². The topological polar surface area (TPSA) is 62.2 Å². The Hall–Kier alpha value is -3.12. The molecule has 1 aliphatic carbocycles. The molecule has 0 radical (unpaired) electrons. The monoisotopic (exact) mass is 485 g/mol. The van der Waals surface area contributed by atoms with Crippen molar-refractivity contribution in [2.75, 3.05) is 19.6 Å². The fourth-order valence-corrected chi connectivity index (χ4v) is 5.34. The van der Waals surface area contributed by atoms with E-state index in [1.54, 1.807) is 0 Å². The Morgan fingerprint density at radius 2 is 1.69 bits per heavy atom. The summed E-state index contributed by atoms with van der Waals surface area (Å²) in [6.07, 6.45) is 6.32. The highest BCUT2D eigenvalue weighted by atomic mass is 16.2. The summed E-state index contributed by atoms with van der Waals surface area (Å²) in [4.78, 5) is 15.0. The zero-order valence-corrected chi connectivity index (χ0v) is 21.4. The smallest absolute Gasteiger partial charge is 0.315 e. The summed E-state index contributed by atoms with van der Waals surface area (Å²) < 4.78 is 2.21. The fraction of sp³-hybridized carbons (Fsp3) is 0.467. The van der Waals surface area contributed by atoms with Crippen LogP contribution < -0.4 is 10.6 Å². The van der Waals surface area contributed by atoms with E-state index < -0.39 is 0 Å². The van der Waals surface area contributed by atoms with Crippen molar-refractivity contribution in [3.63, 3.8) is 0 Å². The molecule has 2 fully saturated rings. The van der Waals surface area contributed by atoms with Crippen LogP contribution in [0.1, 0.15) is 73.5 Å². The van der Waals surface area contributed by atoms with Crippen LogP contribution in [0.4, 0.5) is 4.79 Å². The van der Waals surface area contributed by atoms with Gasteiger partial charge in [0.15, 0.2) is 0 Å². The lowest BCUT2D eigenvalue weighted by atomic mass is 9.92. The second kappa shape index (κ2) is 11.7. The molecule has 1 saturated heterocycles. The van der Waals surface area contributed by atoms with Gasteiger partial charge in [0.1, 0.15) is 0 Å². The van der Waals surface area contributed by atoms with E-state index in [0.717, 1.165) is 64.7 Å². The average Bonchev–Trinajstić information content (AvgIpc) is 3.64. The summed E-state index contributed by atoms with van der Waals surface area (Å²) >= 11 is 0. The Morgan fingerprint density at radius 3 is 2.36 bits per heavy atom. The highest BCUT2D eigenvalue weighted by molar-refractivity contribution is 5.75. The standard InChI is InChI=1S/C30H39N5O/c1-2-35-29(22-27(33-35)21-23-9-5-3-6-10-23)25-15-18-34(19-16-25)20-17-28(24-11-7-4-8-12-24)32-30(36)31-26-13-14-26/h3-12,22,25-26,28H,2,13-21H2,1H3,(H2,31,32,36)/t28-/m0/s1. The molecular formula is C30H39N5O. The maximum Gasteiger partial charge on any atom is 0.315 e. The first-order valence-electron chi connectivity index (χ1n) is 13.6. The second-order valence-electron chi connectivity index (χ2n) is 10.3. The van der Waals surface area contributed by atoms with E-state index in [-0.39, 0.29) is 12.1 Å². The van der Waals surface area contributed by atoms with Crippen LogP contribution in [0.3, 0.4) is 0 Å². The zero-order chi connectivity index (χ0) is 24.7. The van der Waals surface area contributed by atoms with E-state index in [0.29, 0.717) is 12.0 Å². The van der Waals surface area contributed by atoms with Crippen LogP contribution in [0.25, 0.3) is 0 Å². The van der Waals surface area contributed by atoms with Gasteiger partial charge >= 0.3 is 6.03 Å². The van der Waals surface area contributed by atoms with Gasteiger partial charge in [-0.3, -0.25) is 4.68 Å². The number of carbonyl (C=O) groups excluding carboxylic acids is 1. The van der Waals surface area contributed by atoms with Gasteiger partial charge in [-0.25, -0.2) is 4.79 Å². The first kappa shape index (κ1) is 24.6. The molecule has 0 unspecified atom stereocenters. The predicted molar refractivity (Wildman–Crippen MR) is 144 cm³/mol. The third-order valence-electron chi connectivity index (χ3n) is 7.55. The fourth-order valence-electron chi connectivity index (χ4n) is 5.34. The molecule has 2 N–H and O–H groups in total. The number of benzene rings is 2. The number of carbonyl (C=O) groups is 1. The molecule has 5 rings (SSSR count). The number of aryl methyl sites for hydroxylation is 1. The molecule has 2 heterocycles. The van der Waals surface area contributed by atoms with Crippen LogP contribution in [0, 0.1) is 0 Å². The number of nitrogens with zero attached hydrogens (tertiary/aromatic N) is 3. The van der Waals surface area contributed by atoms with Crippen molar-refractivity contribution in [3.8, 4) is 0 Å². The number of urea groups is 1. The van der Waals surface area contributed by atoms with Gasteiger partial charge in [-0.15, -0.1) is 0 Å². The molecule has 2 aliphatic rings. The quantitative estimate of drug-likeness (QED) is 0.411. The Labute approximate surface area is 215 Å². The van der Waals surface area contributed by atoms with E-state index in [2.05, 4.69) is 87.8 Å². The van der Waals surface area contributed by atoms with Crippen molar-refractivity contribution in [2.45, 2.75) is 70.0 Å². The van der Waals surface area contributed by atoms with Crippen LogP contribution in [0.5, 0.6) is 0 Å². The number of nitrogens with one attached hydrogen (secondary N) is 2. The highest BCUT2D eigenvalue weighted by Gasteiger charge is 2.27. The second-order valence-corrected chi connectivity index (χ2v) is 10.3. The van der Waals surface area contributed by atoms with Gasteiger partial charge in [0.2, 0.25) is 0 Å². The number of rotatable bonds is 10. The number of piperidine rings is 1. The molecule has 3 aromatic rings. The van der Waals surface area contributed by atoms with E-state index in [1.165, 1.54) is 22.5 Å². The number of amides is 2. The van der Waals surface area contributed by atoms with Gasteiger partial charge < -0.3 is 15.5 Å². The van der Waals surface area contributed by atoms with E-state index in [4.69, 9.17) is 5.10 Å². The third kappa shape index (κ3) is 6.55. The van der Waals surface area contributed by atoms with E-state index in [1.807, 2.05) is 6.07 Å². The van der Waals surface area contributed by atoms with Crippen molar-refractivity contribution in [1.82, 2.24) is 25.3 Å². The molecule has 6 nitrogen and oxygen atoms in total. The lowest BCUT2D eigenvalue weighted by molar-refractivity contribution is 0.197. The Balaban J connectivity index is 1.15. The van der Waals surface area contributed by atoms with Crippen LogP contribution in [-0.2, 0) is 13.0 Å². The van der Waals surface area contributed by atoms with Crippen molar-refractivity contribution < 1.29 is 4.79 Å². The maximum absolute atomic E-state index is 12.5. The molecule has 1 atom stereocenters. The van der Waals surface area contributed by atoms with Crippen LogP contribution in [-0.4, -0.2) is 46.4 Å². The molecule has 0 bridgehead atoms. The molecule has 6 heteroatoms. The molecule has 2 aromatic carbocycles. The Morgan fingerprint density at radius 1 is 1.00 bits per heavy atom. The molecule has 1 aromatic heterocycles. The van der Waals surface area contributed by atoms with Gasteiger partial charge in [0.05, 0.1) is 11.7 Å². The lowest BCUT2D eigenvalue weighted by Gasteiger charge is -2.33. The molecule has 1 saturated carbocycles. The summed E-state index contributed by atoms with van der Waals surface area (Å²) in [5.74, 6) is 0.561. The number of hydrogen-bond acceptors (Lipinski definition) is 3. The van der Waals surface area contributed by atoms with E-state index in [9.17, 15) is 4.79 Å². The van der Waals surface area contributed by atoms with Crippen LogP contribution in [0.15, 0.2) is 66.7 Å². The van der Waals surface area contributed by atoms with Crippen molar-refractivity contribution >= 4 is 6.03 Å². The number of hydrogen-bond donors (Lipinski definition) is 2. The minimum atomic E-state index is -0.0378. The normalized spacial score (nSPS) is 17.6. The van der Waals surface area contributed by atoms with Gasteiger partial charge in [-0.1, -0.05) is 60.7 Å². The minimum Gasteiger partial charge on any atom is -0.335 e.